The van der Waals surface area contributed by atoms with Crippen molar-refractivity contribution in [2.45, 2.75) is 0 Å². The van der Waals surface area contributed by atoms with E-state index in [9.17, 15) is 5.26 Å². The number of oxime groups is 1. The van der Waals surface area contributed by atoms with Gasteiger partial charge in [0.05, 0.1) is 6.21 Å². The van der Waals surface area contributed by atoms with Crippen LogP contribution in [0.2, 0.25) is 0 Å². The molecule has 0 fully saturated rings. The molecule has 0 aliphatic heterocycles. The molecule has 3 aromatic carbocycles. The maximum atomic E-state index is 9.34. The van der Waals surface area contributed by atoms with Crippen LogP contribution in [0.5, 0.6) is 0 Å². The minimum absolute atomic E-state index is 0.328. The van der Waals surface area contributed by atoms with Crippen molar-refractivity contribution in [3.8, 4) is 6.07 Å². The Hall–Kier alpha value is -4.02. The van der Waals surface area contributed by atoms with Gasteiger partial charge in [0.2, 0.25) is 0 Å². The van der Waals surface area contributed by atoms with Gasteiger partial charge in [-0.2, -0.15) is 5.26 Å². The summed E-state index contributed by atoms with van der Waals surface area (Å²) >= 11 is 0. The highest BCUT2D eigenvalue weighted by atomic mass is 28.4. The van der Waals surface area contributed by atoms with Crippen molar-refractivity contribution in [2.75, 3.05) is 0 Å². The number of nitrogens with zero attached hydrogens (tertiary/aromatic N) is 5. The zero-order chi connectivity index (χ0) is 20.8. The van der Waals surface area contributed by atoms with Crippen LogP contribution >= 0.6 is 0 Å². The van der Waals surface area contributed by atoms with Crippen LogP contribution in [0.1, 0.15) is 11.4 Å². The van der Waals surface area contributed by atoms with Gasteiger partial charge in [0.25, 0.3) is 0 Å². The van der Waals surface area contributed by atoms with E-state index in [4.69, 9.17) is 4.53 Å². The smallest absolute Gasteiger partial charge is 0.380 e. The molecule has 30 heavy (non-hydrogen) atoms. The number of hydrogen-bond donors (Lipinski definition) is 0. The van der Waals surface area contributed by atoms with Gasteiger partial charge in [-0.1, -0.05) is 96.2 Å². The van der Waals surface area contributed by atoms with E-state index in [1.54, 1.807) is 7.05 Å². The molecule has 0 unspecified atom stereocenters. The first-order valence-electron chi connectivity index (χ1n) is 9.43. The summed E-state index contributed by atoms with van der Waals surface area (Å²) in [5, 5.41) is 24.8. The van der Waals surface area contributed by atoms with E-state index in [1.807, 2.05) is 54.6 Å². The monoisotopic (exact) mass is 409 g/mol. The first kappa shape index (κ1) is 19.3. The van der Waals surface area contributed by atoms with Crippen molar-refractivity contribution in [3.05, 3.63) is 102 Å². The Morgan fingerprint density at radius 2 is 1.33 bits per heavy atom. The van der Waals surface area contributed by atoms with Gasteiger partial charge in [-0.15, -0.1) is 10.3 Å². The Morgan fingerprint density at radius 1 is 0.867 bits per heavy atom. The fraction of sp³-hybridized carbons (Fsp3) is 0.0435. The van der Waals surface area contributed by atoms with Crippen molar-refractivity contribution in [3.63, 3.8) is 0 Å². The highest BCUT2D eigenvalue weighted by Gasteiger charge is 2.44. The fourth-order valence-corrected chi connectivity index (χ4v) is 6.93. The Labute approximate surface area is 175 Å². The Morgan fingerprint density at radius 3 is 1.77 bits per heavy atom. The molecule has 0 saturated carbocycles. The van der Waals surface area contributed by atoms with E-state index >= 15 is 0 Å². The normalized spacial score (nSPS) is 11.3. The maximum Gasteiger partial charge on any atom is 0.380 e. The molecule has 0 radical (unpaired) electrons. The highest BCUT2D eigenvalue weighted by Crippen LogP contribution is 2.10. The van der Waals surface area contributed by atoms with Crippen LogP contribution in [0.15, 0.2) is 96.2 Å². The van der Waals surface area contributed by atoms with Crippen molar-refractivity contribution in [1.82, 2.24) is 15.0 Å². The molecule has 0 amide bonds. The van der Waals surface area contributed by atoms with E-state index in [-0.39, 0.29) is 0 Å². The van der Waals surface area contributed by atoms with Gasteiger partial charge >= 0.3 is 8.32 Å². The highest BCUT2D eigenvalue weighted by molar-refractivity contribution is 7.07. The van der Waals surface area contributed by atoms with Crippen LogP contribution in [0.3, 0.4) is 0 Å². The third-order valence-corrected chi connectivity index (χ3v) is 8.68. The molecule has 0 bridgehead atoms. The molecular formula is C23H19N5OSi. The van der Waals surface area contributed by atoms with Gasteiger partial charge in [0, 0.05) is 7.05 Å². The average molecular weight is 410 g/mol. The summed E-state index contributed by atoms with van der Waals surface area (Å²) < 4.78 is 7.84. The summed E-state index contributed by atoms with van der Waals surface area (Å²) in [6.45, 7) is 0. The van der Waals surface area contributed by atoms with Crippen LogP contribution in [-0.2, 0) is 11.6 Å². The summed E-state index contributed by atoms with van der Waals surface area (Å²) in [6.07, 6.45) is 1.46. The molecule has 1 aromatic heterocycles. The zero-order valence-electron chi connectivity index (χ0n) is 16.4. The van der Waals surface area contributed by atoms with Crippen molar-refractivity contribution in [2.24, 2.45) is 12.2 Å². The van der Waals surface area contributed by atoms with Crippen molar-refractivity contribution >= 4 is 30.1 Å². The van der Waals surface area contributed by atoms with Gasteiger partial charge in [-0.3, -0.25) is 0 Å². The topological polar surface area (TPSA) is 76.1 Å². The number of rotatable bonds is 6. The molecule has 0 N–H and O–H groups in total. The van der Waals surface area contributed by atoms with Gasteiger partial charge in [-0.25, -0.2) is 4.68 Å². The Bertz CT molecular complexity index is 1090. The minimum atomic E-state index is -2.93. The van der Waals surface area contributed by atoms with Crippen LogP contribution in [0.4, 0.5) is 0 Å². The van der Waals surface area contributed by atoms with Crippen LogP contribution in [0.25, 0.3) is 0 Å². The molecule has 0 aliphatic rings. The SMILES string of the molecule is Cn1nnc(C=NO[Si](c2ccccc2)(c2ccccc2)c2ccccc2)c1C#N. The molecule has 7 heteroatoms. The van der Waals surface area contributed by atoms with Gasteiger partial charge in [0.15, 0.2) is 5.69 Å². The zero-order valence-corrected chi connectivity index (χ0v) is 17.4. The summed E-state index contributed by atoms with van der Waals surface area (Å²) in [6, 6.07) is 32.5. The lowest BCUT2D eigenvalue weighted by atomic mass is 10.3. The van der Waals surface area contributed by atoms with Crippen LogP contribution in [0, 0.1) is 11.3 Å². The first-order valence-corrected chi connectivity index (χ1v) is 11.3. The number of hydrogen-bond acceptors (Lipinski definition) is 5. The molecule has 146 valence electrons. The third kappa shape index (κ3) is 3.52. The minimum Gasteiger partial charge on any atom is -0.438 e. The summed E-state index contributed by atoms with van der Waals surface area (Å²) in [5.74, 6) is 0. The number of nitriles is 1. The molecule has 4 aromatic rings. The van der Waals surface area contributed by atoms with E-state index in [0.717, 1.165) is 15.6 Å². The van der Waals surface area contributed by atoms with Gasteiger partial charge < -0.3 is 4.53 Å². The molecule has 1 heterocycles. The molecule has 0 atom stereocenters. The largest absolute Gasteiger partial charge is 0.438 e. The van der Waals surface area contributed by atoms with E-state index in [1.165, 1.54) is 10.9 Å². The molecule has 0 spiro atoms. The number of aryl methyl sites for hydroxylation is 1. The average Bonchev–Trinajstić information content (AvgIpc) is 3.18. The lowest BCUT2D eigenvalue weighted by Crippen LogP contribution is -2.68. The Kier molecular flexibility index (Phi) is 5.50. The van der Waals surface area contributed by atoms with Crippen LogP contribution in [-0.4, -0.2) is 29.5 Å². The molecule has 4 rings (SSSR count). The van der Waals surface area contributed by atoms with Gasteiger partial charge in [-0.05, 0) is 15.6 Å². The maximum absolute atomic E-state index is 9.34. The fourth-order valence-electron chi connectivity index (χ4n) is 3.42. The number of benzene rings is 3. The predicted molar refractivity (Wildman–Crippen MR) is 118 cm³/mol. The van der Waals surface area contributed by atoms with E-state index in [2.05, 4.69) is 57.9 Å². The van der Waals surface area contributed by atoms with E-state index < -0.39 is 8.32 Å². The van der Waals surface area contributed by atoms with Gasteiger partial charge in [0.1, 0.15) is 11.8 Å². The second kappa shape index (κ2) is 8.55. The molecular weight excluding hydrogens is 390 g/mol. The predicted octanol–water partition coefficient (Wildman–Crippen LogP) is 1.70. The summed E-state index contributed by atoms with van der Waals surface area (Å²) in [5.41, 5.74) is 0.700. The second-order valence-electron chi connectivity index (χ2n) is 6.66. The second-order valence-corrected chi connectivity index (χ2v) is 9.94. The quantitative estimate of drug-likeness (QED) is 0.210. The van der Waals surface area contributed by atoms with Crippen molar-refractivity contribution < 1.29 is 4.53 Å². The molecule has 0 saturated heterocycles. The third-order valence-electron chi connectivity index (χ3n) is 4.86. The van der Waals surface area contributed by atoms with Crippen LogP contribution < -0.4 is 15.6 Å². The standard InChI is InChI=1S/C23H19N5OSi/c1-28-23(17-24)22(26-27-28)18-25-29-30(19-11-5-2-6-12-19,20-13-7-3-8-14-20)21-15-9-4-10-16-21/h2-16,18H,1H3. The molecule has 6 nitrogen and oxygen atoms in total. The number of aromatic nitrogens is 3. The lowest BCUT2D eigenvalue weighted by Gasteiger charge is -2.29. The molecule has 0 aliphatic carbocycles. The lowest BCUT2D eigenvalue weighted by molar-refractivity contribution is 0.351. The Balaban J connectivity index is 1.87. The first-order chi connectivity index (χ1) is 14.8. The summed E-state index contributed by atoms with van der Waals surface area (Å²) in [4.78, 5) is 0. The van der Waals surface area contributed by atoms with E-state index in [0.29, 0.717) is 11.4 Å². The van der Waals surface area contributed by atoms with Crippen molar-refractivity contribution in [1.29, 1.82) is 5.26 Å². The summed E-state index contributed by atoms with van der Waals surface area (Å²) in [7, 11) is -1.27.